The first-order valence-corrected chi connectivity index (χ1v) is 9.08. The molecule has 1 atom stereocenters. The smallest absolute Gasteiger partial charge is 0.224 e. The molecular formula is C15H19N3O3S. The topological polar surface area (TPSA) is 81.1 Å². The Hall–Kier alpha value is -1.89. The zero-order chi connectivity index (χ0) is 15.9. The van der Waals surface area contributed by atoms with Crippen LogP contribution in [-0.4, -0.2) is 35.4 Å². The van der Waals surface area contributed by atoms with Crippen LogP contribution in [0, 0.1) is 12.8 Å². The van der Waals surface area contributed by atoms with Crippen LogP contribution in [0.15, 0.2) is 18.2 Å². The normalized spacial score (nSPS) is 20.4. The van der Waals surface area contributed by atoms with E-state index in [1.165, 1.54) is 0 Å². The van der Waals surface area contributed by atoms with Crippen LogP contribution in [0.25, 0.3) is 11.0 Å². The molecule has 118 valence electrons. The van der Waals surface area contributed by atoms with Crippen LogP contribution in [-0.2, 0) is 28.2 Å². The maximum absolute atomic E-state index is 12.0. The van der Waals surface area contributed by atoms with E-state index in [-0.39, 0.29) is 17.4 Å². The molecule has 0 bridgehead atoms. The fourth-order valence-electron chi connectivity index (χ4n) is 2.81. The van der Waals surface area contributed by atoms with Gasteiger partial charge in [-0.05, 0) is 31.0 Å². The fourth-order valence-corrected chi connectivity index (χ4v) is 4.55. The Morgan fingerprint density at radius 1 is 1.45 bits per heavy atom. The maximum atomic E-state index is 12.0. The van der Waals surface area contributed by atoms with Crippen molar-refractivity contribution in [2.75, 3.05) is 11.5 Å². The molecule has 6 nitrogen and oxygen atoms in total. The molecule has 1 amide bonds. The summed E-state index contributed by atoms with van der Waals surface area (Å²) in [5.74, 6) is 0.429. The minimum absolute atomic E-state index is 0.0305. The number of aromatic nitrogens is 2. The van der Waals surface area contributed by atoms with Crippen LogP contribution >= 0.6 is 0 Å². The van der Waals surface area contributed by atoms with Crippen LogP contribution in [0.4, 0.5) is 0 Å². The maximum Gasteiger partial charge on any atom is 0.224 e. The summed E-state index contributed by atoms with van der Waals surface area (Å²) in [5, 5.41) is 2.83. The first-order chi connectivity index (χ1) is 10.4. The minimum Gasteiger partial charge on any atom is -0.352 e. The number of aryl methyl sites for hydroxylation is 2. The van der Waals surface area contributed by atoms with Crippen LogP contribution in [0.1, 0.15) is 17.8 Å². The van der Waals surface area contributed by atoms with Crippen LogP contribution in [0.2, 0.25) is 0 Å². The molecular weight excluding hydrogens is 302 g/mol. The standard InChI is InChI=1S/C15H19N3O3S/c1-10-17-13-7-11(3-4-14(13)18(10)2)8-16-15(19)12-5-6-22(20,21)9-12/h3-4,7,12H,5-6,8-9H2,1-2H3,(H,16,19). The second-order valence-corrected chi connectivity index (χ2v) is 8.09. The number of hydrogen-bond acceptors (Lipinski definition) is 4. The molecule has 0 aliphatic carbocycles. The van der Waals surface area contributed by atoms with Crippen molar-refractivity contribution in [2.45, 2.75) is 19.9 Å². The Bertz CT molecular complexity index is 839. The van der Waals surface area contributed by atoms with Crippen LogP contribution in [0.5, 0.6) is 0 Å². The number of amides is 1. The van der Waals surface area contributed by atoms with Gasteiger partial charge in [-0.3, -0.25) is 4.79 Å². The molecule has 1 N–H and O–H groups in total. The van der Waals surface area contributed by atoms with Crippen LogP contribution in [0.3, 0.4) is 0 Å². The highest BCUT2D eigenvalue weighted by molar-refractivity contribution is 7.91. The number of carbonyl (C=O) groups excluding carboxylic acids is 1. The molecule has 22 heavy (non-hydrogen) atoms. The van der Waals surface area contributed by atoms with Gasteiger partial charge in [0.25, 0.3) is 0 Å². The molecule has 7 heteroatoms. The summed E-state index contributed by atoms with van der Waals surface area (Å²) >= 11 is 0. The summed E-state index contributed by atoms with van der Waals surface area (Å²) in [7, 11) is -1.06. The number of benzene rings is 1. The number of rotatable bonds is 3. The Kier molecular flexibility index (Phi) is 3.68. The number of fused-ring (bicyclic) bond motifs is 1. The van der Waals surface area contributed by atoms with E-state index < -0.39 is 15.8 Å². The summed E-state index contributed by atoms with van der Waals surface area (Å²) in [4.78, 5) is 16.5. The monoisotopic (exact) mass is 321 g/mol. The predicted octanol–water partition coefficient (Wildman–Crippen LogP) is 0.933. The SMILES string of the molecule is Cc1nc2cc(CNC(=O)C3CCS(=O)(=O)C3)ccc2n1C. The zero-order valence-electron chi connectivity index (χ0n) is 12.7. The van der Waals surface area contributed by atoms with Gasteiger partial charge < -0.3 is 9.88 Å². The van der Waals surface area contributed by atoms with E-state index >= 15 is 0 Å². The van der Waals surface area contributed by atoms with E-state index in [0.29, 0.717) is 13.0 Å². The second kappa shape index (κ2) is 5.39. The Morgan fingerprint density at radius 2 is 2.23 bits per heavy atom. The molecule has 1 aliphatic heterocycles. The van der Waals surface area contributed by atoms with Gasteiger partial charge in [0, 0.05) is 13.6 Å². The molecule has 1 fully saturated rings. The number of nitrogens with zero attached hydrogens (tertiary/aromatic N) is 2. The van der Waals surface area contributed by atoms with E-state index in [9.17, 15) is 13.2 Å². The molecule has 0 spiro atoms. The Morgan fingerprint density at radius 3 is 2.91 bits per heavy atom. The Labute approximate surface area is 129 Å². The lowest BCUT2D eigenvalue weighted by atomic mass is 10.1. The summed E-state index contributed by atoms with van der Waals surface area (Å²) in [6, 6.07) is 5.89. The summed E-state index contributed by atoms with van der Waals surface area (Å²) < 4.78 is 24.8. The largest absolute Gasteiger partial charge is 0.352 e. The molecule has 1 unspecified atom stereocenters. The molecule has 1 aliphatic rings. The highest BCUT2D eigenvalue weighted by Crippen LogP contribution is 2.19. The Balaban J connectivity index is 1.68. The molecule has 3 rings (SSSR count). The highest BCUT2D eigenvalue weighted by Gasteiger charge is 2.32. The second-order valence-electron chi connectivity index (χ2n) is 5.86. The van der Waals surface area contributed by atoms with Crippen molar-refractivity contribution >= 4 is 26.8 Å². The predicted molar refractivity (Wildman–Crippen MR) is 84.1 cm³/mol. The van der Waals surface area contributed by atoms with E-state index in [2.05, 4.69) is 10.3 Å². The average molecular weight is 321 g/mol. The highest BCUT2D eigenvalue weighted by atomic mass is 32.2. The molecule has 0 radical (unpaired) electrons. The first kappa shape index (κ1) is 15.0. The molecule has 1 aromatic carbocycles. The van der Waals surface area contributed by atoms with E-state index in [4.69, 9.17) is 0 Å². The van der Waals surface area contributed by atoms with Crippen molar-refractivity contribution in [1.82, 2.24) is 14.9 Å². The van der Waals surface area contributed by atoms with Gasteiger partial charge in [-0.1, -0.05) is 6.07 Å². The van der Waals surface area contributed by atoms with Crippen molar-refractivity contribution < 1.29 is 13.2 Å². The van der Waals surface area contributed by atoms with Gasteiger partial charge >= 0.3 is 0 Å². The van der Waals surface area contributed by atoms with Crippen LogP contribution < -0.4 is 5.32 Å². The molecule has 1 saturated heterocycles. The molecule has 0 saturated carbocycles. The first-order valence-electron chi connectivity index (χ1n) is 7.26. The van der Waals surface area contributed by atoms with Crippen molar-refractivity contribution in [2.24, 2.45) is 13.0 Å². The van der Waals surface area contributed by atoms with Crippen molar-refractivity contribution in [3.05, 3.63) is 29.6 Å². The minimum atomic E-state index is -3.03. The van der Waals surface area contributed by atoms with Crippen molar-refractivity contribution in [3.63, 3.8) is 0 Å². The van der Waals surface area contributed by atoms with Gasteiger partial charge in [0.15, 0.2) is 9.84 Å². The third-order valence-electron chi connectivity index (χ3n) is 4.24. The average Bonchev–Trinajstić information content (AvgIpc) is 2.97. The van der Waals surface area contributed by atoms with E-state index in [1.54, 1.807) is 0 Å². The number of nitrogens with one attached hydrogen (secondary N) is 1. The van der Waals surface area contributed by atoms with Gasteiger partial charge in [0.2, 0.25) is 5.91 Å². The number of hydrogen-bond donors (Lipinski definition) is 1. The van der Waals surface area contributed by atoms with E-state index in [0.717, 1.165) is 22.4 Å². The van der Waals surface area contributed by atoms with Crippen molar-refractivity contribution in [1.29, 1.82) is 0 Å². The summed E-state index contributed by atoms with van der Waals surface area (Å²) in [5.41, 5.74) is 2.91. The van der Waals surface area contributed by atoms with Gasteiger partial charge in [-0.15, -0.1) is 0 Å². The summed E-state index contributed by atoms with van der Waals surface area (Å²) in [6.45, 7) is 2.34. The number of carbonyl (C=O) groups is 1. The van der Waals surface area contributed by atoms with E-state index in [1.807, 2.05) is 36.7 Å². The number of sulfone groups is 1. The lowest BCUT2D eigenvalue weighted by Gasteiger charge is -2.09. The van der Waals surface area contributed by atoms with Gasteiger partial charge in [0.1, 0.15) is 5.82 Å². The fraction of sp³-hybridized carbons (Fsp3) is 0.467. The third-order valence-corrected chi connectivity index (χ3v) is 6.01. The quantitative estimate of drug-likeness (QED) is 0.912. The lowest BCUT2D eigenvalue weighted by Crippen LogP contribution is -2.30. The molecule has 1 aromatic heterocycles. The van der Waals surface area contributed by atoms with Gasteiger partial charge in [-0.2, -0.15) is 0 Å². The van der Waals surface area contributed by atoms with Crippen molar-refractivity contribution in [3.8, 4) is 0 Å². The third kappa shape index (κ3) is 2.85. The summed E-state index contributed by atoms with van der Waals surface area (Å²) in [6.07, 6.45) is 0.423. The number of imidazole rings is 1. The molecule has 2 heterocycles. The van der Waals surface area contributed by atoms with Gasteiger partial charge in [0.05, 0.1) is 28.5 Å². The van der Waals surface area contributed by atoms with Gasteiger partial charge in [-0.25, -0.2) is 13.4 Å². The molecule has 2 aromatic rings. The zero-order valence-corrected chi connectivity index (χ0v) is 13.5. The lowest BCUT2D eigenvalue weighted by molar-refractivity contribution is -0.124.